The van der Waals surface area contributed by atoms with Crippen LogP contribution in [0.5, 0.6) is 0 Å². The number of unbranched alkanes of at least 4 members (excludes halogenated alkanes) is 1. The molecule has 1 saturated heterocycles. The number of piperazine rings is 1. The second-order valence-corrected chi connectivity index (χ2v) is 5.47. The van der Waals surface area contributed by atoms with E-state index in [1.54, 1.807) is 0 Å². The lowest BCUT2D eigenvalue weighted by Crippen LogP contribution is -2.50. The van der Waals surface area contributed by atoms with Gasteiger partial charge >= 0.3 is 0 Å². The molecule has 1 aliphatic carbocycles. The van der Waals surface area contributed by atoms with Gasteiger partial charge in [-0.1, -0.05) is 19.8 Å². The molecule has 2 fully saturated rings. The van der Waals surface area contributed by atoms with Crippen molar-refractivity contribution in [3.63, 3.8) is 0 Å². The number of hydrogen-bond donors (Lipinski definition) is 1. The van der Waals surface area contributed by atoms with E-state index in [9.17, 15) is 0 Å². The summed E-state index contributed by atoms with van der Waals surface area (Å²) in [7, 11) is 0. The molecule has 3 nitrogen and oxygen atoms in total. The molecule has 2 rings (SSSR count). The second kappa shape index (κ2) is 5.99. The van der Waals surface area contributed by atoms with Gasteiger partial charge in [-0.05, 0) is 19.3 Å². The molecule has 0 aromatic rings. The highest BCUT2D eigenvalue weighted by Crippen LogP contribution is 2.27. The van der Waals surface area contributed by atoms with Crippen LogP contribution in [0, 0.1) is 0 Å². The monoisotopic (exact) mass is 225 g/mol. The highest BCUT2D eigenvalue weighted by Gasteiger charge is 2.31. The molecule has 0 aromatic heterocycles. The Labute approximate surface area is 100.0 Å². The zero-order valence-corrected chi connectivity index (χ0v) is 10.7. The summed E-state index contributed by atoms with van der Waals surface area (Å²) in [5, 5.41) is 0. The number of rotatable bonds is 6. The van der Waals surface area contributed by atoms with Crippen molar-refractivity contribution in [2.75, 3.05) is 32.7 Å². The van der Waals surface area contributed by atoms with Crippen LogP contribution in [0.1, 0.15) is 39.0 Å². The van der Waals surface area contributed by atoms with Crippen LogP contribution < -0.4 is 5.73 Å². The predicted molar refractivity (Wildman–Crippen MR) is 68.5 cm³/mol. The fourth-order valence-corrected chi connectivity index (χ4v) is 2.64. The third-order valence-corrected chi connectivity index (χ3v) is 3.89. The van der Waals surface area contributed by atoms with Gasteiger partial charge in [0.25, 0.3) is 0 Å². The zero-order chi connectivity index (χ0) is 11.4. The average molecular weight is 225 g/mol. The molecule has 1 atom stereocenters. The van der Waals surface area contributed by atoms with Crippen LogP contribution in [0.2, 0.25) is 0 Å². The minimum absolute atomic E-state index is 0.396. The van der Waals surface area contributed by atoms with Crippen LogP contribution in [0.3, 0.4) is 0 Å². The first-order valence-electron chi connectivity index (χ1n) is 7.01. The third-order valence-electron chi connectivity index (χ3n) is 3.89. The predicted octanol–water partition coefficient (Wildman–Crippen LogP) is 1.28. The molecule has 0 bridgehead atoms. The molecule has 0 aromatic carbocycles. The minimum atomic E-state index is 0.396. The summed E-state index contributed by atoms with van der Waals surface area (Å²) in [6.07, 6.45) is 6.62. The lowest BCUT2D eigenvalue weighted by molar-refractivity contribution is 0.120. The first-order chi connectivity index (χ1) is 7.79. The summed E-state index contributed by atoms with van der Waals surface area (Å²) in [6.45, 7) is 8.35. The van der Waals surface area contributed by atoms with Gasteiger partial charge in [0.05, 0.1) is 0 Å². The third kappa shape index (κ3) is 3.72. The Morgan fingerprint density at radius 2 is 1.88 bits per heavy atom. The Balaban J connectivity index is 1.60. The van der Waals surface area contributed by atoms with E-state index in [2.05, 4.69) is 16.7 Å². The summed E-state index contributed by atoms with van der Waals surface area (Å²) in [6, 6.07) is 1.34. The lowest BCUT2D eigenvalue weighted by Gasteiger charge is -2.36. The highest BCUT2D eigenvalue weighted by atomic mass is 15.3. The summed E-state index contributed by atoms with van der Waals surface area (Å²) in [5.74, 6) is 0. The largest absolute Gasteiger partial charge is 0.327 e. The normalized spacial score (nSPS) is 25.9. The van der Waals surface area contributed by atoms with E-state index in [0.29, 0.717) is 6.04 Å². The summed E-state index contributed by atoms with van der Waals surface area (Å²) < 4.78 is 0. The van der Waals surface area contributed by atoms with Gasteiger partial charge in [-0.25, -0.2) is 0 Å². The van der Waals surface area contributed by atoms with Crippen LogP contribution in [0.4, 0.5) is 0 Å². The molecule has 0 radical (unpaired) electrons. The van der Waals surface area contributed by atoms with Crippen LogP contribution in [-0.4, -0.2) is 54.6 Å². The van der Waals surface area contributed by atoms with Gasteiger partial charge in [0, 0.05) is 44.8 Å². The van der Waals surface area contributed by atoms with Crippen LogP contribution >= 0.6 is 0 Å². The topological polar surface area (TPSA) is 32.5 Å². The molecule has 0 spiro atoms. The van der Waals surface area contributed by atoms with Gasteiger partial charge in [0.15, 0.2) is 0 Å². The lowest BCUT2D eigenvalue weighted by atomic mass is 10.1. The van der Waals surface area contributed by atoms with E-state index < -0.39 is 0 Å². The first kappa shape index (κ1) is 12.3. The smallest absolute Gasteiger partial charge is 0.0167 e. The van der Waals surface area contributed by atoms with Crippen molar-refractivity contribution in [2.24, 2.45) is 5.73 Å². The molecular weight excluding hydrogens is 198 g/mol. The van der Waals surface area contributed by atoms with E-state index in [1.807, 2.05) is 0 Å². The fourth-order valence-electron chi connectivity index (χ4n) is 2.64. The van der Waals surface area contributed by atoms with Crippen LogP contribution in [-0.2, 0) is 0 Å². The molecular formula is C13H27N3. The molecule has 1 saturated carbocycles. The number of nitrogens with two attached hydrogens (primary N) is 1. The van der Waals surface area contributed by atoms with E-state index in [-0.39, 0.29) is 0 Å². The quantitative estimate of drug-likeness (QED) is 0.739. The average Bonchev–Trinajstić information content (AvgIpc) is 3.11. The van der Waals surface area contributed by atoms with Crippen molar-refractivity contribution in [2.45, 2.75) is 51.1 Å². The SMILES string of the molecule is CCCCC(N)CN1CCN(C2CC2)CC1. The Bertz CT molecular complexity index is 195. The summed E-state index contributed by atoms with van der Waals surface area (Å²) >= 11 is 0. The molecule has 1 unspecified atom stereocenters. The van der Waals surface area contributed by atoms with Crippen LogP contribution in [0.15, 0.2) is 0 Å². The standard InChI is InChI=1S/C13H27N3/c1-2-3-4-12(14)11-15-7-9-16(10-8-15)13-5-6-13/h12-13H,2-11,14H2,1H3. The Morgan fingerprint density at radius 3 is 2.44 bits per heavy atom. The number of nitrogens with zero attached hydrogens (tertiary/aromatic N) is 2. The van der Waals surface area contributed by atoms with Gasteiger partial charge in [0.2, 0.25) is 0 Å². The van der Waals surface area contributed by atoms with Crippen molar-refractivity contribution in [3.8, 4) is 0 Å². The maximum Gasteiger partial charge on any atom is 0.0167 e. The Hall–Kier alpha value is -0.120. The maximum absolute atomic E-state index is 6.14. The van der Waals surface area contributed by atoms with Gasteiger partial charge < -0.3 is 5.73 Å². The van der Waals surface area contributed by atoms with E-state index >= 15 is 0 Å². The van der Waals surface area contributed by atoms with E-state index in [4.69, 9.17) is 5.73 Å². The van der Waals surface area contributed by atoms with Gasteiger partial charge in [-0.15, -0.1) is 0 Å². The molecule has 2 aliphatic rings. The first-order valence-corrected chi connectivity index (χ1v) is 7.01. The molecule has 1 aliphatic heterocycles. The second-order valence-electron chi connectivity index (χ2n) is 5.47. The van der Waals surface area contributed by atoms with Crippen molar-refractivity contribution >= 4 is 0 Å². The van der Waals surface area contributed by atoms with Crippen molar-refractivity contribution in [1.29, 1.82) is 0 Å². The Morgan fingerprint density at radius 1 is 1.19 bits per heavy atom. The fraction of sp³-hybridized carbons (Fsp3) is 1.00. The molecule has 2 N–H and O–H groups in total. The van der Waals surface area contributed by atoms with Crippen molar-refractivity contribution in [1.82, 2.24) is 9.80 Å². The molecule has 3 heteroatoms. The number of hydrogen-bond acceptors (Lipinski definition) is 3. The van der Waals surface area contributed by atoms with Gasteiger partial charge in [0.1, 0.15) is 0 Å². The van der Waals surface area contributed by atoms with E-state index in [0.717, 1.165) is 12.6 Å². The van der Waals surface area contributed by atoms with E-state index in [1.165, 1.54) is 58.3 Å². The zero-order valence-electron chi connectivity index (χ0n) is 10.7. The summed E-state index contributed by atoms with van der Waals surface area (Å²) in [5.41, 5.74) is 6.14. The van der Waals surface area contributed by atoms with Crippen molar-refractivity contribution in [3.05, 3.63) is 0 Å². The van der Waals surface area contributed by atoms with Gasteiger partial charge in [-0.2, -0.15) is 0 Å². The molecule has 16 heavy (non-hydrogen) atoms. The molecule has 0 amide bonds. The Kier molecular flexibility index (Phi) is 4.62. The summed E-state index contributed by atoms with van der Waals surface area (Å²) in [4.78, 5) is 5.22. The van der Waals surface area contributed by atoms with Gasteiger partial charge in [-0.3, -0.25) is 9.80 Å². The minimum Gasteiger partial charge on any atom is -0.327 e. The highest BCUT2D eigenvalue weighted by molar-refractivity contribution is 4.88. The molecule has 1 heterocycles. The van der Waals surface area contributed by atoms with Crippen molar-refractivity contribution < 1.29 is 0 Å². The maximum atomic E-state index is 6.14. The molecule has 94 valence electrons. The van der Waals surface area contributed by atoms with Crippen LogP contribution in [0.25, 0.3) is 0 Å².